The van der Waals surface area contributed by atoms with Gasteiger partial charge in [-0.25, -0.2) is 0 Å². The molecule has 0 heterocycles. The third-order valence-corrected chi connectivity index (χ3v) is 2.21. The summed E-state index contributed by atoms with van der Waals surface area (Å²) < 4.78 is 5.04. The molecule has 1 N–H and O–H groups in total. The van der Waals surface area contributed by atoms with Crippen molar-refractivity contribution in [2.75, 3.05) is 19.7 Å². The van der Waals surface area contributed by atoms with Gasteiger partial charge in [-0.3, -0.25) is 4.79 Å². The average Bonchev–Trinajstić information content (AvgIpc) is 2.25. The maximum atomic E-state index is 11.4. The highest BCUT2D eigenvalue weighted by molar-refractivity contribution is 5.75. The zero-order valence-corrected chi connectivity index (χ0v) is 10.5. The Balaban J connectivity index is 3.72. The molecule has 0 spiro atoms. The average molecular weight is 226 g/mol. The quantitative estimate of drug-likeness (QED) is 0.505. The third kappa shape index (κ3) is 7.24. The molecule has 0 aromatic heterocycles. The SMILES string of the molecule is CCNCC(C#N)C(=O)OCCCC(C)C. The van der Waals surface area contributed by atoms with Crippen LogP contribution in [0.2, 0.25) is 0 Å². The number of carbonyl (C=O) groups excluding carboxylic acids is 1. The summed E-state index contributed by atoms with van der Waals surface area (Å²) >= 11 is 0. The smallest absolute Gasteiger partial charge is 0.324 e. The van der Waals surface area contributed by atoms with Crippen molar-refractivity contribution in [2.24, 2.45) is 11.8 Å². The van der Waals surface area contributed by atoms with E-state index in [-0.39, 0.29) is 0 Å². The van der Waals surface area contributed by atoms with Gasteiger partial charge in [0.1, 0.15) is 0 Å². The second kappa shape index (κ2) is 9.17. The van der Waals surface area contributed by atoms with Crippen LogP contribution in [0.4, 0.5) is 0 Å². The fourth-order valence-corrected chi connectivity index (χ4v) is 1.24. The van der Waals surface area contributed by atoms with E-state index in [0.717, 1.165) is 19.4 Å². The molecular formula is C12H22N2O2. The van der Waals surface area contributed by atoms with E-state index in [9.17, 15) is 4.79 Å². The first-order valence-electron chi connectivity index (χ1n) is 5.88. The van der Waals surface area contributed by atoms with Crippen molar-refractivity contribution in [1.29, 1.82) is 5.26 Å². The molecule has 0 aromatic rings. The van der Waals surface area contributed by atoms with Crippen LogP contribution in [0.1, 0.15) is 33.6 Å². The number of hydrogen-bond acceptors (Lipinski definition) is 4. The van der Waals surface area contributed by atoms with E-state index in [1.165, 1.54) is 0 Å². The Hall–Kier alpha value is -1.08. The van der Waals surface area contributed by atoms with Crippen LogP contribution >= 0.6 is 0 Å². The Labute approximate surface area is 98.0 Å². The molecule has 0 rings (SSSR count). The lowest BCUT2D eigenvalue weighted by atomic mass is 10.1. The lowest BCUT2D eigenvalue weighted by molar-refractivity contribution is -0.146. The number of nitriles is 1. The molecular weight excluding hydrogens is 204 g/mol. The molecule has 0 saturated carbocycles. The van der Waals surface area contributed by atoms with Crippen LogP contribution in [0.5, 0.6) is 0 Å². The van der Waals surface area contributed by atoms with E-state index < -0.39 is 11.9 Å². The largest absolute Gasteiger partial charge is 0.465 e. The molecule has 16 heavy (non-hydrogen) atoms. The molecule has 0 bridgehead atoms. The van der Waals surface area contributed by atoms with Crippen molar-refractivity contribution in [3.05, 3.63) is 0 Å². The summed E-state index contributed by atoms with van der Waals surface area (Å²) in [5.41, 5.74) is 0. The Kier molecular flexibility index (Phi) is 8.55. The van der Waals surface area contributed by atoms with Crippen molar-refractivity contribution >= 4 is 5.97 Å². The molecule has 0 saturated heterocycles. The number of nitrogens with one attached hydrogen (secondary N) is 1. The summed E-state index contributed by atoms with van der Waals surface area (Å²) in [7, 11) is 0. The van der Waals surface area contributed by atoms with Crippen LogP contribution in [0.15, 0.2) is 0 Å². The fourth-order valence-electron chi connectivity index (χ4n) is 1.24. The number of esters is 1. The van der Waals surface area contributed by atoms with E-state index in [2.05, 4.69) is 19.2 Å². The maximum absolute atomic E-state index is 11.4. The van der Waals surface area contributed by atoms with Crippen LogP contribution in [0.25, 0.3) is 0 Å². The van der Waals surface area contributed by atoms with Crippen molar-refractivity contribution in [2.45, 2.75) is 33.6 Å². The standard InChI is InChI=1S/C12H22N2O2/c1-4-14-9-11(8-13)12(15)16-7-5-6-10(2)3/h10-11,14H,4-7,9H2,1-3H3. The topological polar surface area (TPSA) is 62.1 Å². The Morgan fingerprint density at radius 2 is 2.19 bits per heavy atom. The fraction of sp³-hybridized carbons (Fsp3) is 0.833. The van der Waals surface area contributed by atoms with Crippen molar-refractivity contribution < 1.29 is 9.53 Å². The molecule has 0 amide bonds. The van der Waals surface area contributed by atoms with Gasteiger partial charge in [0.25, 0.3) is 0 Å². The zero-order valence-electron chi connectivity index (χ0n) is 10.5. The Bertz CT molecular complexity index is 234. The van der Waals surface area contributed by atoms with Gasteiger partial charge in [0.2, 0.25) is 0 Å². The number of carbonyl (C=O) groups is 1. The molecule has 1 unspecified atom stereocenters. The predicted molar refractivity (Wildman–Crippen MR) is 62.7 cm³/mol. The molecule has 0 fully saturated rings. The first kappa shape index (κ1) is 14.9. The number of rotatable bonds is 8. The van der Waals surface area contributed by atoms with Crippen LogP contribution in [-0.2, 0) is 9.53 Å². The van der Waals surface area contributed by atoms with E-state index >= 15 is 0 Å². The Morgan fingerprint density at radius 3 is 2.69 bits per heavy atom. The van der Waals surface area contributed by atoms with Crippen LogP contribution in [-0.4, -0.2) is 25.7 Å². The Morgan fingerprint density at radius 1 is 1.50 bits per heavy atom. The summed E-state index contributed by atoms with van der Waals surface area (Å²) in [6.45, 7) is 7.73. The van der Waals surface area contributed by atoms with Gasteiger partial charge in [-0.1, -0.05) is 20.8 Å². The molecule has 92 valence electrons. The maximum Gasteiger partial charge on any atom is 0.324 e. The van der Waals surface area contributed by atoms with Gasteiger partial charge in [-0.2, -0.15) is 5.26 Å². The monoisotopic (exact) mass is 226 g/mol. The van der Waals surface area contributed by atoms with Gasteiger partial charge in [-0.05, 0) is 25.3 Å². The first-order valence-corrected chi connectivity index (χ1v) is 5.88. The van der Waals surface area contributed by atoms with Crippen molar-refractivity contribution in [1.82, 2.24) is 5.32 Å². The normalized spacial score (nSPS) is 12.2. The van der Waals surface area contributed by atoms with Crippen molar-refractivity contribution in [3.63, 3.8) is 0 Å². The lowest BCUT2D eigenvalue weighted by Gasteiger charge is -2.10. The van der Waals surface area contributed by atoms with E-state index in [1.807, 2.05) is 13.0 Å². The van der Waals surface area contributed by atoms with Gasteiger partial charge >= 0.3 is 5.97 Å². The molecule has 0 aliphatic carbocycles. The van der Waals surface area contributed by atoms with Crippen LogP contribution in [0, 0.1) is 23.2 Å². The van der Waals surface area contributed by atoms with Gasteiger partial charge in [0, 0.05) is 6.54 Å². The van der Waals surface area contributed by atoms with Gasteiger partial charge in [-0.15, -0.1) is 0 Å². The van der Waals surface area contributed by atoms with Crippen LogP contribution < -0.4 is 5.32 Å². The summed E-state index contributed by atoms with van der Waals surface area (Å²) in [4.78, 5) is 11.4. The van der Waals surface area contributed by atoms with E-state index in [1.54, 1.807) is 0 Å². The predicted octanol–water partition coefficient (Wildman–Crippen LogP) is 1.72. The van der Waals surface area contributed by atoms with Crippen LogP contribution in [0.3, 0.4) is 0 Å². The number of hydrogen-bond donors (Lipinski definition) is 1. The minimum absolute atomic E-state index is 0.371. The molecule has 1 atom stereocenters. The number of nitrogens with zero attached hydrogens (tertiary/aromatic N) is 1. The molecule has 4 nitrogen and oxygen atoms in total. The van der Waals surface area contributed by atoms with Crippen molar-refractivity contribution in [3.8, 4) is 6.07 Å². The minimum Gasteiger partial charge on any atom is -0.465 e. The summed E-state index contributed by atoms with van der Waals surface area (Å²) in [5, 5.41) is 11.7. The molecule has 0 radical (unpaired) electrons. The summed E-state index contributed by atoms with van der Waals surface area (Å²) in [6, 6.07) is 1.95. The second-order valence-electron chi connectivity index (χ2n) is 4.19. The lowest BCUT2D eigenvalue weighted by Crippen LogP contribution is -2.29. The minimum atomic E-state index is -0.681. The van der Waals surface area contributed by atoms with Gasteiger partial charge in [0.15, 0.2) is 5.92 Å². The molecule has 0 aliphatic rings. The molecule has 0 aliphatic heterocycles. The third-order valence-electron chi connectivity index (χ3n) is 2.21. The number of ether oxygens (including phenoxy) is 1. The first-order chi connectivity index (χ1) is 7.61. The van der Waals surface area contributed by atoms with E-state index in [0.29, 0.717) is 19.1 Å². The molecule has 4 heteroatoms. The highest BCUT2D eigenvalue weighted by Crippen LogP contribution is 2.04. The molecule has 0 aromatic carbocycles. The highest BCUT2D eigenvalue weighted by atomic mass is 16.5. The summed E-state index contributed by atoms with van der Waals surface area (Å²) in [5.74, 6) is -0.474. The van der Waals surface area contributed by atoms with E-state index in [4.69, 9.17) is 10.00 Å². The summed E-state index contributed by atoms with van der Waals surface area (Å²) in [6.07, 6.45) is 1.90. The highest BCUT2D eigenvalue weighted by Gasteiger charge is 2.18. The van der Waals surface area contributed by atoms with Gasteiger partial charge in [0.05, 0.1) is 12.7 Å². The zero-order chi connectivity index (χ0) is 12.4. The van der Waals surface area contributed by atoms with Gasteiger partial charge < -0.3 is 10.1 Å². The second-order valence-corrected chi connectivity index (χ2v) is 4.19.